The van der Waals surface area contributed by atoms with Crippen molar-refractivity contribution in [2.75, 3.05) is 26.8 Å². The number of hydrogen-bond donors (Lipinski definition) is 0. The number of carbonyl (C=O) groups excluding carboxylic acids is 1. The Hall–Kier alpha value is -3.46. The molecule has 160 valence electrons. The molecule has 4 aromatic rings. The Bertz CT molecular complexity index is 1330. The van der Waals surface area contributed by atoms with Gasteiger partial charge in [0.25, 0.3) is 0 Å². The van der Waals surface area contributed by atoms with Crippen LogP contribution >= 0.6 is 0 Å². The van der Waals surface area contributed by atoms with Crippen molar-refractivity contribution < 1.29 is 9.53 Å². The third-order valence-electron chi connectivity index (χ3n) is 6.02. The van der Waals surface area contributed by atoms with E-state index in [-0.39, 0.29) is 24.2 Å². The largest absolute Gasteiger partial charge is 0.375 e. The molecule has 1 aliphatic rings. The van der Waals surface area contributed by atoms with Crippen LogP contribution in [0.3, 0.4) is 0 Å². The summed E-state index contributed by atoms with van der Waals surface area (Å²) in [6.07, 6.45) is 5.33. The number of hydrogen-bond acceptors (Lipinski definition) is 5. The van der Waals surface area contributed by atoms with Crippen LogP contribution in [0.5, 0.6) is 0 Å². The molecule has 0 aromatic carbocycles. The molecule has 0 saturated carbocycles. The highest BCUT2D eigenvalue weighted by Crippen LogP contribution is 2.28. The highest BCUT2D eigenvalue weighted by atomic mass is 16.5. The molecule has 1 atom stereocenters. The number of methoxy groups -OCH3 is 1. The highest BCUT2D eigenvalue weighted by Gasteiger charge is 2.28. The van der Waals surface area contributed by atoms with Gasteiger partial charge in [0.2, 0.25) is 5.91 Å². The van der Waals surface area contributed by atoms with Crippen molar-refractivity contribution in [3.63, 3.8) is 0 Å². The standard InChI is InChI=1S/C22H24N6O3/c1-25-19-9-8-17(16-12-23-27-11-4-3-7-18(16)27)24-21(19)28(22(25)30)15-6-5-10-26(13-15)20(29)14-31-2/h3-4,7-9,11-12,15H,5-6,10,13-14H2,1-2H3. The van der Waals surface area contributed by atoms with E-state index in [1.807, 2.05) is 36.5 Å². The van der Waals surface area contributed by atoms with E-state index in [0.717, 1.165) is 35.1 Å². The molecular formula is C22H24N6O3. The number of imidazole rings is 1. The van der Waals surface area contributed by atoms with Crippen molar-refractivity contribution >= 4 is 22.6 Å². The minimum atomic E-state index is -0.127. The summed E-state index contributed by atoms with van der Waals surface area (Å²) in [7, 11) is 3.27. The van der Waals surface area contributed by atoms with E-state index in [0.29, 0.717) is 18.7 Å². The van der Waals surface area contributed by atoms with Crippen LogP contribution in [0.25, 0.3) is 27.9 Å². The van der Waals surface area contributed by atoms with E-state index >= 15 is 0 Å². The molecule has 0 N–H and O–H groups in total. The van der Waals surface area contributed by atoms with Gasteiger partial charge in [-0.15, -0.1) is 0 Å². The Morgan fingerprint density at radius 2 is 2.10 bits per heavy atom. The number of amides is 1. The van der Waals surface area contributed by atoms with Crippen LogP contribution in [0.4, 0.5) is 0 Å². The molecule has 1 saturated heterocycles. The monoisotopic (exact) mass is 420 g/mol. The maximum absolute atomic E-state index is 13.1. The number of piperidine rings is 1. The number of nitrogens with zero attached hydrogens (tertiary/aromatic N) is 6. The number of rotatable bonds is 4. The molecule has 0 aliphatic carbocycles. The van der Waals surface area contributed by atoms with Crippen LogP contribution in [0.2, 0.25) is 0 Å². The second kappa shape index (κ2) is 7.66. The minimum Gasteiger partial charge on any atom is -0.375 e. The molecule has 9 nitrogen and oxygen atoms in total. The lowest BCUT2D eigenvalue weighted by Crippen LogP contribution is -2.44. The third kappa shape index (κ3) is 3.21. The molecule has 1 unspecified atom stereocenters. The first-order valence-electron chi connectivity index (χ1n) is 10.4. The summed E-state index contributed by atoms with van der Waals surface area (Å²) >= 11 is 0. The van der Waals surface area contributed by atoms with Crippen LogP contribution in [-0.2, 0) is 16.6 Å². The lowest BCUT2D eigenvalue weighted by molar-refractivity contribution is -0.136. The van der Waals surface area contributed by atoms with E-state index in [9.17, 15) is 9.59 Å². The summed E-state index contributed by atoms with van der Waals surface area (Å²) in [4.78, 5) is 32.2. The zero-order chi connectivity index (χ0) is 21.5. The zero-order valence-electron chi connectivity index (χ0n) is 17.6. The molecule has 5 heterocycles. The molecular weight excluding hydrogens is 396 g/mol. The summed E-state index contributed by atoms with van der Waals surface area (Å²) in [5, 5.41) is 4.40. The van der Waals surface area contributed by atoms with Crippen LogP contribution < -0.4 is 5.69 Å². The summed E-state index contributed by atoms with van der Waals surface area (Å²) in [6, 6.07) is 9.61. The van der Waals surface area contributed by atoms with Crippen LogP contribution in [-0.4, -0.2) is 61.3 Å². The van der Waals surface area contributed by atoms with Crippen molar-refractivity contribution in [2.45, 2.75) is 18.9 Å². The molecule has 0 bridgehead atoms. The molecule has 1 fully saturated rings. The first kappa shape index (κ1) is 19.5. The van der Waals surface area contributed by atoms with Gasteiger partial charge in [0.05, 0.1) is 29.0 Å². The molecule has 1 aliphatic heterocycles. The first-order chi connectivity index (χ1) is 15.1. The molecule has 0 radical (unpaired) electrons. The number of pyridine rings is 2. The summed E-state index contributed by atoms with van der Waals surface area (Å²) < 4.78 is 10.2. The van der Waals surface area contributed by atoms with Gasteiger partial charge in [0.1, 0.15) is 6.61 Å². The van der Waals surface area contributed by atoms with Crippen LogP contribution in [0.15, 0.2) is 47.5 Å². The lowest BCUT2D eigenvalue weighted by Gasteiger charge is -2.33. The fourth-order valence-electron chi connectivity index (χ4n) is 4.45. The normalized spacial score (nSPS) is 17.0. The minimum absolute atomic E-state index is 0.0499. The predicted molar refractivity (Wildman–Crippen MR) is 116 cm³/mol. The fourth-order valence-corrected chi connectivity index (χ4v) is 4.45. The van der Waals surface area contributed by atoms with E-state index in [2.05, 4.69) is 5.10 Å². The quantitative estimate of drug-likeness (QED) is 0.503. The molecule has 5 rings (SSSR count). The van der Waals surface area contributed by atoms with E-state index in [1.54, 1.807) is 31.8 Å². The Morgan fingerprint density at radius 1 is 1.23 bits per heavy atom. The lowest BCUT2D eigenvalue weighted by atomic mass is 10.1. The first-order valence-corrected chi connectivity index (χ1v) is 10.4. The van der Waals surface area contributed by atoms with Gasteiger partial charge in [0, 0.05) is 39.0 Å². The molecule has 31 heavy (non-hydrogen) atoms. The summed E-state index contributed by atoms with van der Waals surface area (Å²) in [6.45, 7) is 1.21. The van der Waals surface area contributed by atoms with Crippen molar-refractivity contribution in [1.82, 2.24) is 28.6 Å². The fraction of sp³-hybridized carbons (Fsp3) is 0.364. The van der Waals surface area contributed by atoms with Gasteiger partial charge >= 0.3 is 5.69 Å². The predicted octanol–water partition coefficient (Wildman–Crippen LogP) is 1.86. The Kier molecular flexibility index (Phi) is 4.82. The summed E-state index contributed by atoms with van der Waals surface area (Å²) in [5.41, 5.74) is 3.90. The SMILES string of the molecule is COCC(=O)N1CCCC(n2c(=O)n(C)c3ccc(-c4cnn5ccccc45)nc32)C1. The van der Waals surface area contributed by atoms with Gasteiger partial charge in [0.15, 0.2) is 5.65 Å². The van der Waals surface area contributed by atoms with E-state index in [4.69, 9.17) is 9.72 Å². The average molecular weight is 420 g/mol. The van der Waals surface area contributed by atoms with Crippen molar-refractivity contribution in [2.24, 2.45) is 7.05 Å². The van der Waals surface area contributed by atoms with E-state index < -0.39 is 0 Å². The molecule has 0 spiro atoms. The van der Waals surface area contributed by atoms with Gasteiger partial charge in [-0.25, -0.2) is 14.3 Å². The van der Waals surface area contributed by atoms with Crippen LogP contribution in [0.1, 0.15) is 18.9 Å². The zero-order valence-corrected chi connectivity index (χ0v) is 17.6. The Labute approximate surface area is 178 Å². The Balaban J connectivity index is 1.60. The second-order valence-electron chi connectivity index (χ2n) is 7.91. The van der Waals surface area contributed by atoms with Crippen molar-refractivity contribution in [1.29, 1.82) is 0 Å². The van der Waals surface area contributed by atoms with Crippen LogP contribution in [0, 0.1) is 0 Å². The highest BCUT2D eigenvalue weighted by molar-refractivity contribution is 5.82. The summed E-state index contributed by atoms with van der Waals surface area (Å²) in [5.74, 6) is -0.0551. The topological polar surface area (TPSA) is 86.7 Å². The molecule has 9 heteroatoms. The maximum Gasteiger partial charge on any atom is 0.330 e. The maximum atomic E-state index is 13.1. The third-order valence-corrected chi connectivity index (χ3v) is 6.02. The second-order valence-corrected chi connectivity index (χ2v) is 7.91. The Morgan fingerprint density at radius 3 is 2.94 bits per heavy atom. The van der Waals surface area contributed by atoms with Gasteiger partial charge in [-0.05, 0) is 37.1 Å². The van der Waals surface area contributed by atoms with Crippen molar-refractivity contribution in [3.05, 3.63) is 53.2 Å². The molecule has 1 amide bonds. The average Bonchev–Trinajstić information content (AvgIpc) is 3.33. The smallest absolute Gasteiger partial charge is 0.330 e. The molecule has 4 aromatic heterocycles. The van der Waals surface area contributed by atoms with Gasteiger partial charge in [-0.3, -0.25) is 13.9 Å². The van der Waals surface area contributed by atoms with Gasteiger partial charge in [-0.1, -0.05) is 6.07 Å². The number of carbonyl (C=O) groups is 1. The number of aromatic nitrogens is 5. The number of ether oxygens (including phenoxy) is 1. The number of aryl methyl sites for hydroxylation is 1. The van der Waals surface area contributed by atoms with Crippen molar-refractivity contribution in [3.8, 4) is 11.3 Å². The van der Waals surface area contributed by atoms with Gasteiger partial charge < -0.3 is 9.64 Å². The number of likely N-dealkylation sites (tertiary alicyclic amines) is 1. The van der Waals surface area contributed by atoms with E-state index in [1.165, 1.54) is 7.11 Å². The number of fused-ring (bicyclic) bond motifs is 2. The van der Waals surface area contributed by atoms with Gasteiger partial charge in [-0.2, -0.15) is 5.10 Å².